The van der Waals surface area contributed by atoms with Crippen molar-refractivity contribution in [2.75, 3.05) is 18.1 Å². The molecule has 0 saturated carbocycles. The molecule has 0 amide bonds. The molecule has 146 valence electrons. The van der Waals surface area contributed by atoms with E-state index in [0.717, 1.165) is 40.9 Å². The highest BCUT2D eigenvalue weighted by Crippen LogP contribution is 2.50. The van der Waals surface area contributed by atoms with Gasteiger partial charge in [0.05, 0.1) is 6.61 Å². The fourth-order valence-electron chi connectivity index (χ4n) is 3.69. The molecule has 3 aromatic rings. The van der Waals surface area contributed by atoms with Gasteiger partial charge < -0.3 is 14.2 Å². The van der Waals surface area contributed by atoms with Crippen LogP contribution in [-0.2, 0) is 0 Å². The maximum atomic E-state index is 5.97. The largest absolute Gasteiger partial charge is 0.492 e. The maximum Gasteiger partial charge on any atom is 0.268 e. The van der Waals surface area contributed by atoms with Crippen molar-refractivity contribution in [1.29, 1.82) is 0 Å². The summed E-state index contributed by atoms with van der Waals surface area (Å²) < 4.78 is 17.7. The fourth-order valence-corrected chi connectivity index (χ4v) is 7.23. The monoisotopic (exact) mass is 438 g/mol. The van der Waals surface area contributed by atoms with Crippen LogP contribution < -0.4 is 14.2 Å². The van der Waals surface area contributed by atoms with Crippen LogP contribution >= 0.6 is 35.3 Å². The third-order valence-corrected chi connectivity index (χ3v) is 8.98. The van der Waals surface area contributed by atoms with Crippen molar-refractivity contribution in [2.24, 2.45) is 0 Å². The van der Waals surface area contributed by atoms with Crippen molar-refractivity contribution < 1.29 is 14.2 Å². The smallest absolute Gasteiger partial charge is 0.268 e. The zero-order chi connectivity index (χ0) is 19.2. The van der Waals surface area contributed by atoms with Gasteiger partial charge in [0.25, 0.3) is 6.29 Å². The molecule has 1 unspecified atom stereocenters. The van der Waals surface area contributed by atoms with Crippen molar-refractivity contribution in [3.05, 3.63) is 71.8 Å². The SMILES string of the molecule is c1ccc2c(c1)OC(c1ccc3c(c1)SCC(c1ccc4c(c1)SCCO4)S3)O2. The molecule has 0 radical (unpaired) electrons. The Hall–Kier alpha value is -1.89. The summed E-state index contributed by atoms with van der Waals surface area (Å²) >= 11 is 5.76. The molecule has 1 atom stereocenters. The lowest BCUT2D eigenvalue weighted by molar-refractivity contribution is 0.0484. The van der Waals surface area contributed by atoms with Crippen molar-refractivity contribution in [2.45, 2.75) is 26.2 Å². The number of ether oxygens (including phenoxy) is 3. The molecule has 0 fully saturated rings. The van der Waals surface area contributed by atoms with Crippen molar-refractivity contribution in [1.82, 2.24) is 0 Å². The molecule has 3 aliphatic rings. The molecule has 0 N–H and O–H groups in total. The molecular weight excluding hydrogens is 420 g/mol. The van der Waals surface area contributed by atoms with Gasteiger partial charge in [-0.2, -0.15) is 0 Å². The third kappa shape index (κ3) is 3.37. The molecular formula is C23H18O3S3. The lowest BCUT2D eigenvalue weighted by atomic mass is 10.1. The van der Waals surface area contributed by atoms with Gasteiger partial charge in [-0.25, -0.2) is 0 Å². The summed E-state index contributed by atoms with van der Waals surface area (Å²) in [5.74, 6) is 4.74. The predicted octanol–water partition coefficient (Wildman–Crippen LogP) is 6.58. The number of hydrogen-bond donors (Lipinski definition) is 0. The standard InChI is InChI=1S/C23H18O3S3/c1-2-4-17-16(3-1)25-23(26-17)15-6-8-19-21(12-15)28-13-22(29-19)14-5-7-18-20(11-14)27-10-9-24-18/h1-8,11-12,22-23H,9-10,13H2. The van der Waals surface area contributed by atoms with Crippen LogP contribution in [-0.4, -0.2) is 18.1 Å². The second kappa shape index (κ2) is 7.42. The van der Waals surface area contributed by atoms with Crippen LogP contribution in [0, 0.1) is 0 Å². The van der Waals surface area contributed by atoms with Gasteiger partial charge in [-0.1, -0.05) is 24.3 Å². The molecule has 3 heterocycles. The van der Waals surface area contributed by atoms with Gasteiger partial charge in [0.15, 0.2) is 11.5 Å². The Bertz CT molecular complexity index is 1060. The number of thioether (sulfide) groups is 3. The quantitative estimate of drug-likeness (QED) is 0.449. The summed E-state index contributed by atoms with van der Waals surface area (Å²) in [4.78, 5) is 3.91. The summed E-state index contributed by atoms with van der Waals surface area (Å²) in [6, 6.07) is 21.1. The number of benzene rings is 3. The molecule has 0 aromatic heterocycles. The highest BCUT2D eigenvalue weighted by atomic mass is 32.2. The van der Waals surface area contributed by atoms with E-state index in [2.05, 4.69) is 36.4 Å². The van der Waals surface area contributed by atoms with Crippen molar-refractivity contribution >= 4 is 35.3 Å². The van der Waals surface area contributed by atoms with Crippen LogP contribution in [0.4, 0.5) is 0 Å². The average Bonchev–Trinajstić information content (AvgIpc) is 3.22. The van der Waals surface area contributed by atoms with Gasteiger partial charge in [0, 0.05) is 37.0 Å². The summed E-state index contributed by atoms with van der Waals surface area (Å²) in [6.45, 7) is 0.806. The molecule has 6 heteroatoms. The second-order valence-electron chi connectivity index (χ2n) is 7.04. The Morgan fingerprint density at radius 1 is 0.724 bits per heavy atom. The number of rotatable bonds is 2. The van der Waals surface area contributed by atoms with Crippen molar-refractivity contribution in [3.63, 3.8) is 0 Å². The first kappa shape index (κ1) is 17.9. The minimum Gasteiger partial charge on any atom is -0.492 e. The number of fused-ring (bicyclic) bond motifs is 3. The topological polar surface area (TPSA) is 27.7 Å². The highest BCUT2D eigenvalue weighted by Gasteiger charge is 2.28. The summed E-state index contributed by atoms with van der Waals surface area (Å²) in [5, 5.41) is 0.453. The molecule has 0 bridgehead atoms. The predicted molar refractivity (Wildman–Crippen MR) is 119 cm³/mol. The maximum absolute atomic E-state index is 5.97. The minimum atomic E-state index is -0.362. The minimum absolute atomic E-state index is 0.362. The molecule has 29 heavy (non-hydrogen) atoms. The highest BCUT2D eigenvalue weighted by molar-refractivity contribution is 8.05. The van der Waals surface area contributed by atoms with Crippen molar-refractivity contribution in [3.8, 4) is 17.2 Å². The molecule has 3 aliphatic heterocycles. The molecule has 3 aromatic carbocycles. The Labute approximate surface area is 182 Å². The lowest BCUT2D eigenvalue weighted by Gasteiger charge is -2.26. The van der Waals surface area contributed by atoms with E-state index in [-0.39, 0.29) is 6.29 Å². The second-order valence-corrected chi connectivity index (χ2v) is 10.5. The van der Waals surface area contributed by atoms with Crippen LogP contribution in [0.25, 0.3) is 0 Å². The van der Waals surface area contributed by atoms with E-state index >= 15 is 0 Å². The van der Waals surface area contributed by atoms with E-state index in [4.69, 9.17) is 14.2 Å². The van der Waals surface area contributed by atoms with E-state index in [0.29, 0.717) is 5.25 Å². The zero-order valence-corrected chi connectivity index (χ0v) is 17.9. The molecule has 6 rings (SSSR count). The number of hydrogen-bond acceptors (Lipinski definition) is 6. The van der Waals surface area contributed by atoms with E-state index < -0.39 is 0 Å². The van der Waals surface area contributed by atoms with Crippen LogP contribution in [0.15, 0.2) is 75.4 Å². The van der Waals surface area contributed by atoms with Gasteiger partial charge in [0.2, 0.25) is 0 Å². The van der Waals surface area contributed by atoms with Gasteiger partial charge in [0.1, 0.15) is 5.75 Å². The zero-order valence-electron chi connectivity index (χ0n) is 15.5. The van der Waals surface area contributed by atoms with Crippen LogP contribution in [0.3, 0.4) is 0 Å². The summed E-state index contributed by atoms with van der Waals surface area (Å²) in [5.41, 5.74) is 2.45. The van der Waals surface area contributed by atoms with Crippen LogP contribution in [0.2, 0.25) is 0 Å². The lowest BCUT2D eigenvalue weighted by Crippen LogP contribution is -2.10. The van der Waals surface area contributed by atoms with E-state index in [9.17, 15) is 0 Å². The number of para-hydroxylation sites is 2. The molecule has 0 spiro atoms. The Morgan fingerprint density at radius 3 is 2.38 bits per heavy atom. The normalized spacial score (nSPS) is 19.9. The van der Waals surface area contributed by atoms with E-state index in [1.807, 2.05) is 59.6 Å². The summed E-state index contributed by atoms with van der Waals surface area (Å²) in [6.07, 6.45) is -0.362. The van der Waals surface area contributed by atoms with E-state index in [1.165, 1.54) is 20.2 Å². The Balaban J connectivity index is 1.22. The van der Waals surface area contributed by atoms with E-state index in [1.54, 1.807) is 0 Å². The summed E-state index contributed by atoms with van der Waals surface area (Å²) in [7, 11) is 0. The average molecular weight is 439 g/mol. The van der Waals surface area contributed by atoms with Crippen LogP contribution in [0.1, 0.15) is 22.7 Å². The molecule has 0 saturated heterocycles. The first-order valence-corrected chi connectivity index (χ1v) is 12.4. The first-order chi connectivity index (χ1) is 14.3. The van der Waals surface area contributed by atoms with Gasteiger partial charge in [-0.05, 0) is 42.0 Å². The van der Waals surface area contributed by atoms with Gasteiger partial charge >= 0.3 is 0 Å². The third-order valence-electron chi connectivity index (χ3n) is 5.15. The van der Waals surface area contributed by atoms with Crippen LogP contribution in [0.5, 0.6) is 17.2 Å². The Morgan fingerprint density at radius 2 is 1.52 bits per heavy atom. The molecule has 3 nitrogen and oxygen atoms in total. The molecule has 0 aliphatic carbocycles. The first-order valence-electron chi connectivity index (χ1n) is 9.59. The fraction of sp³-hybridized carbons (Fsp3) is 0.217. The van der Waals surface area contributed by atoms with Gasteiger partial charge in [-0.3, -0.25) is 0 Å². The van der Waals surface area contributed by atoms with Gasteiger partial charge in [-0.15, -0.1) is 35.3 Å². The Kier molecular flexibility index (Phi) is 4.58.